The van der Waals surface area contributed by atoms with Crippen molar-refractivity contribution in [1.29, 1.82) is 0 Å². The maximum absolute atomic E-state index is 12.0. The van der Waals surface area contributed by atoms with E-state index < -0.39 is 5.54 Å². The van der Waals surface area contributed by atoms with Gasteiger partial charge in [0.1, 0.15) is 0 Å². The normalized spacial score (nSPS) is 13.9. The SMILES string of the molecule is CCNC(C)(C)C(=O)NC(COC)C(C)C. The van der Waals surface area contributed by atoms with Crippen LogP contribution in [0.5, 0.6) is 0 Å². The summed E-state index contributed by atoms with van der Waals surface area (Å²) in [5, 5.41) is 6.17. The molecule has 96 valence electrons. The third kappa shape index (κ3) is 4.94. The van der Waals surface area contributed by atoms with E-state index in [9.17, 15) is 4.79 Å². The third-order valence-electron chi connectivity index (χ3n) is 2.65. The van der Waals surface area contributed by atoms with Crippen molar-refractivity contribution in [1.82, 2.24) is 10.6 Å². The molecule has 0 saturated heterocycles. The van der Waals surface area contributed by atoms with Gasteiger partial charge in [-0.15, -0.1) is 0 Å². The van der Waals surface area contributed by atoms with E-state index in [1.54, 1.807) is 7.11 Å². The van der Waals surface area contributed by atoms with E-state index in [1.807, 2.05) is 20.8 Å². The second-order valence-electron chi connectivity index (χ2n) is 4.93. The Balaban J connectivity index is 4.39. The molecule has 4 heteroatoms. The summed E-state index contributed by atoms with van der Waals surface area (Å²) in [5.41, 5.74) is -0.532. The minimum Gasteiger partial charge on any atom is -0.383 e. The molecule has 0 radical (unpaired) electrons. The second-order valence-corrected chi connectivity index (χ2v) is 4.93. The fraction of sp³-hybridized carbons (Fsp3) is 0.917. The monoisotopic (exact) mass is 230 g/mol. The zero-order valence-electron chi connectivity index (χ0n) is 11.4. The highest BCUT2D eigenvalue weighted by atomic mass is 16.5. The molecule has 0 aliphatic carbocycles. The van der Waals surface area contributed by atoms with Crippen LogP contribution in [0.1, 0.15) is 34.6 Å². The Morgan fingerprint density at radius 2 is 1.94 bits per heavy atom. The molecule has 16 heavy (non-hydrogen) atoms. The molecule has 0 rings (SSSR count). The number of hydrogen-bond donors (Lipinski definition) is 2. The smallest absolute Gasteiger partial charge is 0.240 e. The number of likely N-dealkylation sites (N-methyl/N-ethyl adjacent to an activating group) is 1. The number of carbonyl (C=O) groups is 1. The molecule has 0 spiro atoms. The van der Waals surface area contributed by atoms with Crippen LogP contribution in [-0.4, -0.2) is 37.7 Å². The average molecular weight is 230 g/mol. The van der Waals surface area contributed by atoms with Crippen molar-refractivity contribution in [3.63, 3.8) is 0 Å². The van der Waals surface area contributed by atoms with Gasteiger partial charge < -0.3 is 15.4 Å². The standard InChI is InChI=1S/C12H26N2O2/c1-7-13-12(4,5)11(15)14-10(8-16-6)9(2)3/h9-10,13H,7-8H2,1-6H3,(H,14,15). The Labute approximate surface area is 99.1 Å². The van der Waals surface area contributed by atoms with E-state index in [-0.39, 0.29) is 11.9 Å². The first-order valence-corrected chi connectivity index (χ1v) is 5.90. The average Bonchev–Trinajstić information content (AvgIpc) is 2.16. The number of carbonyl (C=O) groups excluding carboxylic acids is 1. The van der Waals surface area contributed by atoms with Gasteiger partial charge in [0.25, 0.3) is 0 Å². The summed E-state index contributed by atoms with van der Waals surface area (Å²) in [6, 6.07) is 0.0652. The van der Waals surface area contributed by atoms with E-state index in [4.69, 9.17) is 4.74 Å². The van der Waals surface area contributed by atoms with Gasteiger partial charge in [-0.05, 0) is 26.3 Å². The maximum Gasteiger partial charge on any atom is 0.240 e. The van der Waals surface area contributed by atoms with Gasteiger partial charge in [0.2, 0.25) is 5.91 Å². The van der Waals surface area contributed by atoms with Crippen LogP contribution in [0.2, 0.25) is 0 Å². The molecule has 0 fully saturated rings. The van der Waals surface area contributed by atoms with Gasteiger partial charge in [0.15, 0.2) is 0 Å². The van der Waals surface area contributed by atoms with Crippen molar-refractivity contribution >= 4 is 5.91 Å². The molecule has 0 saturated carbocycles. The fourth-order valence-corrected chi connectivity index (χ4v) is 1.45. The molecule has 0 aliphatic heterocycles. The fourth-order valence-electron chi connectivity index (χ4n) is 1.45. The number of hydrogen-bond acceptors (Lipinski definition) is 3. The maximum atomic E-state index is 12.0. The van der Waals surface area contributed by atoms with Crippen LogP contribution in [0.4, 0.5) is 0 Å². The van der Waals surface area contributed by atoms with Gasteiger partial charge in [-0.2, -0.15) is 0 Å². The minimum absolute atomic E-state index is 0.0186. The first-order valence-electron chi connectivity index (χ1n) is 5.90. The summed E-state index contributed by atoms with van der Waals surface area (Å²) in [6.07, 6.45) is 0. The quantitative estimate of drug-likeness (QED) is 0.690. The van der Waals surface area contributed by atoms with Crippen molar-refractivity contribution in [2.24, 2.45) is 5.92 Å². The number of nitrogens with one attached hydrogen (secondary N) is 2. The molecule has 2 N–H and O–H groups in total. The van der Waals surface area contributed by atoms with E-state index in [0.29, 0.717) is 12.5 Å². The summed E-state index contributed by atoms with van der Waals surface area (Å²) < 4.78 is 5.10. The zero-order chi connectivity index (χ0) is 12.8. The summed E-state index contributed by atoms with van der Waals surface area (Å²) in [6.45, 7) is 11.2. The first kappa shape index (κ1) is 15.4. The van der Waals surface area contributed by atoms with Crippen LogP contribution in [0.25, 0.3) is 0 Å². The van der Waals surface area contributed by atoms with Crippen molar-refractivity contribution in [3.8, 4) is 0 Å². The van der Waals surface area contributed by atoms with E-state index in [0.717, 1.165) is 6.54 Å². The Hall–Kier alpha value is -0.610. The highest BCUT2D eigenvalue weighted by molar-refractivity contribution is 5.85. The molecule has 0 aromatic rings. The molecule has 1 amide bonds. The van der Waals surface area contributed by atoms with Crippen LogP contribution in [0, 0.1) is 5.92 Å². The topological polar surface area (TPSA) is 50.4 Å². The minimum atomic E-state index is -0.532. The molecule has 4 nitrogen and oxygen atoms in total. The molecule has 0 aromatic carbocycles. The van der Waals surface area contributed by atoms with Gasteiger partial charge in [-0.25, -0.2) is 0 Å². The third-order valence-corrected chi connectivity index (χ3v) is 2.65. The van der Waals surface area contributed by atoms with Crippen LogP contribution < -0.4 is 10.6 Å². The molecule has 0 aromatic heterocycles. The van der Waals surface area contributed by atoms with E-state index in [1.165, 1.54) is 0 Å². The van der Waals surface area contributed by atoms with Gasteiger partial charge in [0.05, 0.1) is 18.2 Å². The van der Waals surface area contributed by atoms with Crippen molar-refractivity contribution in [2.45, 2.75) is 46.2 Å². The molecular weight excluding hydrogens is 204 g/mol. The molecule has 0 heterocycles. The molecular formula is C12H26N2O2. The highest BCUT2D eigenvalue weighted by Gasteiger charge is 2.28. The molecule has 1 atom stereocenters. The van der Waals surface area contributed by atoms with Gasteiger partial charge in [-0.1, -0.05) is 20.8 Å². The summed E-state index contributed by atoms with van der Waals surface area (Å²) in [5.74, 6) is 0.381. The highest BCUT2D eigenvalue weighted by Crippen LogP contribution is 2.07. The van der Waals surface area contributed by atoms with Crippen LogP contribution in [-0.2, 0) is 9.53 Å². The van der Waals surface area contributed by atoms with Crippen LogP contribution >= 0.6 is 0 Å². The lowest BCUT2D eigenvalue weighted by atomic mass is 10.0. The largest absolute Gasteiger partial charge is 0.383 e. The lowest BCUT2D eigenvalue weighted by Crippen LogP contribution is -2.56. The number of rotatable bonds is 7. The zero-order valence-corrected chi connectivity index (χ0v) is 11.4. The second kappa shape index (κ2) is 6.86. The summed E-state index contributed by atoms with van der Waals surface area (Å²) in [7, 11) is 1.65. The van der Waals surface area contributed by atoms with Crippen LogP contribution in [0.3, 0.4) is 0 Å². The number of ether oxygens (including phenoxy) is 1. The number of amides is 1. The predicted octanol–water partition coefficient (Wildman–Crippen LogP) is 1.16. The molecule has 0 aliphatic rings. The number of methoxy groups -OCH3 is 1. The lowest BCUT2D eigenvalue weighted by molar-refractivity contribution is -0.127. The van der Waals surface area contributed by atoms with Crippen molar-refractivity contribution < 1.29 is 9.53 Å². The Kier molecular flexibility index (Phi) is 6.60. The summed E-state index contributed by atoms with van der Waals surface area (Å²) >= 11 is 0. The Bertz CT molecular complexity index is 215. The molecule has 1 unspecified atom stereocenters. The van der Waals surface area contributed by atoms with Gasteiger partial charge >= 0.3 is 0 Å². The first-order chi connectivity index (χ1) is 7.35. The lowest BCUT2D eigenvalue weighted by Gasteiger charge is -2.29. The van der Waals surface area contributed by atoms with E-state index >= 15 is 0 Å². The van der Waals surface area contributed by atoms with Crippen LogP contribution in [0.15, 0.2) is 0 Å². The summed E-state index contributed by atoms with van der Waals surface area (Å²) in [4.78, 5) is 12.0. The Morgan fingerprint density at radius 3 is 2.31 bits per heavy atom. The van der Waals surface area contributed by atoms with Gasteiger partial charge in [-0.3, -0.25) is 4.79 Å². The predicted molar refractivity (Wildman–Crippen MR) is 66.4 cm³/mol. The Morgan fingerprint density at radius 1 is 1.38 bits per heavy atom. The van der Waals surface area contributed by atoms with E-state index in [2.05, 4.69) is 24.5 Å². The van der Waals surface area contributed by atoms with Gasteiger partial charge in [0, 0.05) is 7.11 Å². The van der Waals surface area contributed by atoms with Crippen molar-refractivity contribution in [2.75, 3.05) is 20.3 Å². The van der Waals surface area contributed by atoms with Crippen molar-refractivity contribution in [3.05, 3.63) is 0 Å². The molecule has 0 bridgehead atoms.